The Bertz CT molecular complexity index is 1320. The number of amides is 2. The minimum absolute atomic E-state index is 0.0179. The summed E-state index contributed by atoms with van der Waals surface area (Å²) in [5.74, 6) is -1.21. The molecule has 198 valence electrons. The molecule has 3 N–H and O–H groups in total. The molecule has 2 amide bonds. The molecule has 2 heterocycles. The monoisotopic (exact) mass is 520 g/mol. The third-order valence-corrected chi connectivity index (χ3v) is 6.51. The second kappa shape index (κ2) is 11.3. The Morgan fingerprint density at radius 2 is 1.82 bits per heavy atom. The molecule has 1 aliphatic carbocycles. The molecule has 1 aliphatic heterocycles. The number of fused-ring (bicyclic) bond motifs is 1. The van der Waals surface area contributed by atoms with Crippen molar-refractivity contribution in [3.63, 3.8) is 0 Å². The topological polar surface area (TPSA) is 141 Å². The number of nitrogens with one attached hydrogen (secondary N) is 2. The van der Waals surface area contributed by atoms with Crippen LogP contribution in [-0.4, -0.2) is 51.6 Å². The van der Waals surface area contributed by atoms with Gasteiger partial charge in [-0.3, -0.25) is 9.59 Å². The number of carbonyl (C=O) groups is 3. The van der Waals surface area contributed by atoms with E-state index in [0.717, 1.165) is 35.9 Å². The van der Waals surface area contributed by atoms with Gasteiger partial charge in [0.15, 0.2) is 17.2 Å². The Hall–Kier alpha value is -4.38. The molecule has 3 aromatic rings. The number of hydrogen-bond acceptors (Lipinski definition) is 7. The van der Waals surface area contributed by atoms with Crippen molar-refractivity contribution in [2.24, 2.45) is 0 Å². The van der Waals surface area contributed by atoms with Crippen molar-refractivity contribution in [2.75, 3.05) is 12.1 Å². The number of carboxylic acids is 1. The number of aromatic carboxylic acids is 1. The Kier molecular flexibility index (Phi) is 7.55. The van der Waals surface area contributed by atoms with Crippen molar-refractivity contribution in [3.05, 3.63) is 71.5 Å². The number of aromatic nitrogens is 2. The zero-order valence-corrected chi connectivity index (χ0v) is 20.6. The van der Waals surface area contributed by atoms with E-state index >= 15 is 0 Å². The van der Waals surface area contributed by atoms with Gasteiger partial charge in [-0.05, 0) is 30.5 Å². The van der Waals surface area contributed by atoms with Gasteiger partial charge in [0.1, 0.15) is 12.2 Å². The van der Waals surface area contributed by atoms with Crippen LogP contribution in [-0.2, 0) is 22.7 Å². The summed E-state index contributed by atoms with van der Waals surface area (Å²) < 4.78 is 17.8. The molecule has 2 aliphatic rings. The summed E-state index contributed by atoms with van der Waals surface area (Å²) in [5, 5.41) is 19.1. The number of nitrogens with zero attached hydrogens (tertiary/aromatic N) is 2. The van der Waals surface area contributed by atoms with Gasteiger partial charge in [-0.15, -0.1) is 0 Å². The Balaban J connectivity index is 1.26. The van der Waals surface area contributed by atoms with E-state index in [1.807, 2.05) is 30.3 Å². The van der Waals surface area contributed by atoms with E-state index in [2.05, 4.69) is 15.7 Å². The molecule has 0 unspecified atom stereocenters. The van der Waals surface area contributed by atoms with Gasteiger partial charge < -0.3 is 30.0 Å². The van der Waals surface area contributed by atoms with Gasteiger partial charge in [0.2, 0.25) is 12.7 Å². The fourth-order valence-corrected chi connectivity index (χ4v) is 4.62. The lowest BCUT2D eigenvalue weighted by Crippen LogP contribution is -2.46. The Morgan fingerprint density at radius 3 is 2.63 bits per heavy atom. The molecule has 38 heavy (non-hydrogen) atoms. The number of benzene rings is 2. The van der Waals surface area contributed by atoms with E-state index in [1.165, 1.54) is 6.07 Å². The van der Waals surface area contributed by atoms with Gasteiger partial charge in [0, 0.05) is 17.8 Å². The molecule has 0 radical (unpaired) electrons. The van der Waals surface area contributed by atoms with E-state index in [9.17, 15) is 19.5 Å². The molecule has 5 rings (SSSR count). The number of rotatable bonds is 9. The molecule has 1 fully saturated rings. The molecular weight excluding hydrogens is 492 g/mol. The lowest BCUT2D eigenvalue weighted by molar-refractivity contribution is -0.116. The SMILES string of the molecule is O=C(Cn1nc(C(=O)O)cc1C(=O)N[C@H]1CCCC[C@@H]1OCc1ccccc1)Nc1ccc2c(c1)OCO2. The molecule has 1 saturated carbocycles. The zero-order valence-electron chi connectivity index (χ0n) is 20.6. The predicted octanol–water partition coefficient (Wildman–Crippen LogP) is 3.21. The fraction of sp³-hybridized carbons (Fsp3) is 0.333. The summed E-state index contributed by atoms with van der Waals surface area (Å²) >= 11 is 0. The van der Waals surface area contributed by atoms with Crippen molar-refractivity contribution in [2.45, 2.75) is 51.0 Å². The summed E-state index contributed by atoms with van der Waals surface area (Å²) in [6.07, 6.45) is 3.28. The first kappa shape index (κ1) is 25.3. The molecule has 1 aromatic heterocycles. The summed E-state index contributed by atoms with van der Waals surface area (Å²) in [7, 11) is 0. The highest BCUT2D eigenvalue weighted by Crippen LogP contribution is 2.34. The molecule has 2 aromatic carbocycles. The Labute approximate surface area is 218 Å². The van der Waals surface area contributed by atoms with Crippen LogP contribution in [0.1, 0.15) is 52.2 Å². The van der Waals surface area contributed by atoms with Crippen molar-refractivity contribution in [3.8, 4) is 11.5 Å². The van der Waals surface area contributed by atoms with Gasteiger partial charge in [-0.2, -0.15) is 5.10 Å². The fourth-order valence-electron chi connectivity index (χ4n) is 4.62. The normalized spacial score (nSPS) is 18.1. The molecule has 11 nitrogen and oxygen atoms in total. The van der Waals surface area contributed by atoms with Crippen molar-refractivity contribution >= 4 is 23.5 Å². The van der Waals surface area contributed by atoms with Crippen LogP contribution in [0.15, 0.2) is 54.6 Å². The highest BCUT2D eigenvalue weighted by molar-refractivity contribution is 5.97. The minimum atomic E-state index is -1.30. The van der Waals surface area contributed by atoms with E-state index in [0.29, 0.717) is 23.8 Å². The van der Waals surface area contributed by atoms with Crippen molar-refractivity contribution in [1.82, 2.24) is 15.1 Å². The summed E-state index contributed by atoms with van der Waals surface area (Å²) in [5.41, 5.74) is 1.17. The van der Waals surface area contributed by atoms with Gasteiger partial charge in [0.05, 0.1) is 18.8 Å². The largest absolute Gasteiger partial charge is 0.476 e. The van der Waals surface area contributed by atoms with E-state index < -0.39 is 17.8 Å². The third-order valence-electron chi connectivity index (χ3n) is 6.51. The van der Waals surface area contributed by atoms with Crippen LogP contribution in [0.2, 0.25) is 0 Å². The first-order chi connectivity index (χ1) is 18.5. The number of carboxylic acid groups (broad SMARTS) is 1. The number of carbonyl (C=O) groups excluding carboxylic acids is 2. The summed E-state index contributed by atoms with van der Waals surface area (Å²) in [6, 6.07) is 15.7. The van der Waals surface area contributed by atoms with Crippen molar-refractivity contribution < 1.29 is 33.7 Å². The molecule has 0 bridgehead atoms. The standard InChI is InChI=1S/C27H28N4O7/c32-25(28-18-10-11-23-24(12-18)38-16-37-23)14-31-21(13-20(30-31)27(34)35)26(33)29-19-8-4-5-9-22(19)36-15-17-6-2-1-3-7-17/h1-3,6-7,10-13,19,22H,4-5,8-9,14-16H2,(H,28,32)(H,29,33)(H,34,35)/t19-,22-/m0/s1. The van der Waals surface area contributed by atoms with Crippen LogP contribution in [0.3, 0.4) is 0 Å². The lowest BCUT2D eigenvalue weighted by Gasteiger charge is -2.32. The number of hydrogen-bond donors (Lipinski definition) is 3. The summed E-state index contributed by atoms with van der Waals surface area (Å²) in [6.45, 7) is 0.178. The molecule has 0 saturated heterocycles. The number of anilines is 1. The number of ether oxygens (including phenoxy) is 3. The second-order valence-corrected chi connectivity index (χ2v) is 9.19. The van der Waals surface area contributed by atoms with Gasteiger partial charge >= 0.3 is 5.97 Å². The quantitative estimate of drug-likeness (QED) is 0.391. The summed E-state index contributed by atoms with van der Waals surface area (Å²) in [4.78, 5) is 37.6. The predicted molar refractivity (Wildman–Crippen MR) is 135 cm³/mol. The smallest absolute Gasteiger partial charge is 0.356 e. The Morgan fingerprint density at radius 1 is 1.03 bits per heavy atom. The molecule has 11 heteroatoms. The van der Waals surface area contributed by atoms with Gasteiger partial charge in [-0.25, -0.2) is 9.48 Å². The van der Waals surface area contributed by atoms with Crippen LogP contribution >= 0.6 is 0 Å². The van der Waals surface area contributed by atoms with Gasteiger partial charge in [0.25, 0.3) is 5.91 Å². The maximum Gasteiger partial charge on any atom is 0.356 e. The average Bonchev–Trinajstić information content (AvgIpc) is 3.56. The van der Waals surface area contributed by atoms with Crippen LogP contribution in [0, 0.1) is 0 Å². The van der Waals surface area contributed by atoms with E-state index in [1.54, 1.807) is 18.2 Å². The van der Waals surface area contributed by atoms with E-state index in [-0.39, 0.29) is 36.9 Å². The highest BCUT2D eigenvalue weighted by Gasteiger charge is 2.29. The lowest BCUT2D eigenvalue weighted by atomic mass is 9.92. The second-order valence-electron chi connectivity index (χ2n) is 9.19. The first-order valence-electron chi connectivity index (χ1n) is 12.4. The molecule has 0 spiro atoms. The minimum Gasteiger partial charge on any atom is -0.476 e. The van der Waals surface area contributed by atoms with Crippen LogP contribution in [0.4, 0.5) is 5.69 Å². The highest BCUT2D eigenvalue weighted by atomic mass is 16.7. The molecular formula is C27H28N4O7. The third kappa shape index (κ3) is 5.94. The average molecular weight is 521 g/mol. The maximum atomic E-state index is 13.3. The van der Waals surface area contributed by atoms with Gasteiger partial charge in [-0.1, -0.05) is 43.2 Å². The van der Waals surface area contributed by atoms with Crippen LogP contribution in [0.25, 0.3) is 0 Å². The molecule has 2 atom stereocenters. The first-order valence-corrected chi connectivity index (χ1v) is 12.4. The maximum absolute atomic E-state index is 13.3. The zero-order chi connectivity index (χ0) is 26.5. The van der Waals surface area contributed by atoms with Crippen LogP contribution < -0.4 is 20.1 Å². The van der Waals surface area contributed by atoms with Crippen LogP contribution in [0.5, 0.6) is 11.5 Å². The van der Waals surface area contributed by atoms with E-state index in [4.69, 9.17) is 14.2 Å². The van der Waals surface area contributed by atoms with Crippen molar-refractivity contribution in [1.29, 1.82) is 0 Å².